The van der Waals surface area contributed by atoms with Gasteiger partial charge in [-0.15, -0.1) is 11.6 Å². The Morgan fingerprint density at radius 3 is 2.38 bits per heavy atom. The van der Waals surface area contributed by atoms with E-state index in [1.807, 2.05) is 19.1 Å². The van der Waals surface area contributed by atoms with Crippen molar-refractivity contribution in [3.05, 3.63) is 35.4 Å². The summed E-state index contributed by atoms with van der Waals surface area (Å²) >= 11 is 5.90. The SMILES string of the molecule is CCOc1ccc(C=C(CCl)C(C)C)cc1. The van der Waals surface area contributed by atoms with Crippen LogP contribution in [0.5, 0.6) is 5.75 Å². The van der Waals surface area contributed by atoms with Gasteiger partial charge in [0.15, 0.2) is 0 Å². The van der Waals surface area contributed by atoms with Gasteiger partial charge < -0.3 is 4.74 Å². The van der Waals surface area contributed by atoms with Crippen LogP contribution in [-0.4, -0.2) is 12.5 Å². The molecule has 0 unspecified atom stereocenters. The zero-order chi connectivity index (χ0) is 12.0. The summed E-state index contributed by atoms with van der Waals surface area (Å²) in [5.41, 5.74) is 2.43. The molecule has 1 rings (SSSR count). The van der Waals surface area contributed by atoms with Crippen molar-refractivity contribution in [2.24, 2.45) is 5.92 Å². The smallest absolute Gasteiger partial charge is 0.119 e. The molecule has 0 spiro atoms. The second-order valence-electron chi connectivity index (χ2n) is 4.01. The molecule has 0 atom stereocenters. The van der Waals surface area contributed by atoms with Crippen LogP contribution in [0.25, 0.3) is 6.08 Å². The molecule has 0 fully saturated rings. The van der Waals surface area contributed by atoms with Gasteiger partial charge in [-0.25, -0.2) is 0 Å². The van der Waals surface area contributed by atoms with Crippen molar-refractivity contribution in [2.45, 2.75) is 20.8 Å². The van der Waals surface area contributed by atoms with Crippen molar-refractivity contribution in [3.8, 4) is 5.75 Å². The van der Waals surface area contributed by atoms with Gasteiger partial charge in [0, 0.05) is 5.88 Å². The number of hydrogen-bond donors (Lipinski definition) is 0. The van der Waals surface area contributed by atoms with Crippen LogP contribution in [0.15, 0.2) is 29.8 Å². The number of halogens is 1. The highest BCUT2D eigenvalue weighted by Gasteiger charge is 2.01. The Morgan fingerprint density at radius 1 is 1.31 bits per heavy atom. The van der Waals surface area contributed by atoms with E-state index in [2.05, 4.69) is 32.1 Å². The molecule has 88 valence electrons. The third kappa shape index (κ3) is 3.90. The molecule has 16 heavy (non-hydrogen) atoms. The van der Waals surface area contributed by atoms with Crippen LogP contribution in [0.2, 0.25) is 0 Å². The molecule has 0 saturated heterocycles. The standard InChI is InChI=1S/C14H19ClO/c1-4-16-14-7-5-12(6-8-14)9-13(10-15)11(2)3/h5-9,11H,4,10H2,1-3H3. The lowest BCUT2D eigenvalue weighted by molar-refractivity contribution is 0.340. The second kappa shape index (κ2) is 6.59. The number of allylic oxidation sites excluding steroid dienone is 1. The Bertz CT molecular complexity index is 338. The summed E-state index contributed by atoms with van der Waals surface area (Å²) in [4.78, 5) is 0. The number of benzene rings is 1. The van der Waals surface area contributed by atoms with Crippen molar-refractivity contribution in [2.75, 3.05) is 12.5 Å². The minimum atomic E-state index is 0.490. The van der Waals surface area contributed by atoms with E-state index in [9.17, 15) is 0 Å². The molecule has 1 nitrogen and oxygen atoms in total. The zero-order valence-electron chi connectivity index (χ0n) is 10.2. The molecular weight excluding hydrogens is 220 g/mol. The largest absolute Gasteiger partial charge is 0.494 e. The van der Waals surface area contributed by atoms with Crippen LogP contribution in [0.1, 0.15) is 26.3 Å². The molecule has 0 aliphatic carbocycles. The van der Waals surface area contributed by atoms with Gasteiger partial charge in [-0.1, -0.05) is 37.6 Å². The average Bonchev–Trinajstić information content (AvgIpc) is 2.28. The first kappa shape index (κ1) is 13.1. The first-order chi connectivity index (χ1) is 7.67. The van der Waals surface area contributed by atoms with Crippen LogP contribution in [-0.2, 0) is 0 Å². The van der Waals surface area contributed by atoms with Crippen LogP contribution in [0, 0.1) is 5.92 Å². The Morgan fingerprint density at radius 2 is 1.94 bits per heavy atom. The molecular formula is C14H19ClO. The van der Waals surface area contributed by atoms with E-state index in [1.54, 1.807) is 0 Å². The fourth-order valence-electron chi connectivity index (χ4n) is 1.40. The van der Waals surface area contributed by atoms with E-state index in [1.165, 1.54) is 11.1 Å². The molecule has 0 bridgehead atoms. The van der Waals surface area contributed by atoms with Gasteiger partial charge in [-0.2, -0.15) is 0 Å². The summed E-state index contributed by atoms with van der Waals surface area (Å²) in [5, 5.41) is 0. The Hall–Kier alpha value is -0.950. The van der Waals surface area contributed by atoms with Crippen LogP contribution in [0.4, 0.5) is 0 Å². The monoisotopic (exact) mass is 238 g/mol. The van der Waals surface area contributed by atoms with Crippen molar-refractivity contribution >= 4 is 17.7 Å². The van der Waals surface area contributed by atoms with Crippen LogP contribution < -0.4 is 4.74 Å². The molecule has 2 heteroatoms. The average molecular weight is 239 g/mol. The maximum Gasteiger partial charge on any atom is 0.119 e. The normalized spacial score (nSPS) is 11.9. The highest BCUT2D eigenvalue weighted by atomic mass is 35.5. The summed E-state index contributed by atoms with van der Waals surface area (Å²) in [5.74, 6) is 1.99. The van der Waals surface area contributed by atoms with E-state index in [-0.39, 0.29) is 0 Å². The topological polar surface area (TPSA) is 9.23 Å². The van der Waals surface area contributed by atoms with Crippen molar-refractivity contribution in [1.82, 2.24) is 0 Å². The summed E-state index contributed by atoms with van der Waals surface area (Å²) in [6.45, 7) is 7.00. The highest BCUT2D eigenvalue weighted by molar-refractivity contribution is 6.19. The second-order valence-corrected chi connectivity index (χ2v) is 4.28. The summed E-state index contributed by atoms with van der Waals surface area (Å²) in [6.07, 6.45) is 2.15. The summed E-state index contributed by atoms with van der Waals surface area (Å²) in [6, 6.07) is 8.09. The van der Waals surface area contributed by atoms with E-state index in [0.29, 0.717) is 18.4 Å². The molecule has 0 N–H and O–H groups in total. The summed E-state index contributed by atoms with van der Waals surface area (Å²) < 4.78 is 5.39. The predicted molar refractivity (Wildman–Crippen MR) is 71.1 cm³/mol. The van der Waals surface area contributed by atoms with Gasteiger partial charge in [0.1, 0.15) is 5.75 Å². The highest BCUT2D eigenvalue weighted by Crippen LogP contribution is 2.18. The Kier molecular flexibility index (Phi) is 5.41. The van der Waals surface area contributed by atoms with E-state index in [4.69, 9.17) is 16.3 Å². The van der Waals surface area contributed by atoms with Gasteiger partial charge in [-0.05, 0) is 30.5 Å². The lowest BCUT2D eigenvalue weighted by Gasteiger charge is -2.08. The van der Waals surface area contributed by atoms with E-state index in [0.717, 1.165) is 5.75 Å². The maximum absolute atomic E-state index is 5.90. The summed E-state index contributed by atoms with van der Waals surface area (Å²) in [7, 11) is 0. The van der Waals surface area contributed by atoms with Crippen LogP contribution in [0.3, 0.4) is 0 Å². The molecule has 0 heterocycles. The van der Waals surface area contributed by atoms with Crippen molar-refractivity contribution in [1.29, 1.82) is 0 Å². The first-order valence-electron chi connectivity index (χ1n) is 5.66. The van der Waals surface area contributed by atoms with Crippen molar-refractivity contribution < 1.29 is 4.74 Å². The van der Waals surface area contributed by atoms with Gasteiger partial charge in [-0.3, -0.25) is 0 Å². The molecule has 0 aromatic heterocycles. The van der Waals surface area contributed by atoms with E-state index >= 15 is 0 Å². The molecule has 1 aromatic carbocycles. The number of rotatable bonds is 5. The fourth-order valence-corrected chi connectivity index (χ4v) is 1.79. The zero-order valence-corrected chi connectivity index (χ0v) is 10.9. The number of ether oxygens (including phenoxy) is 1. The molecule has 0 aliphatic heterocycles. The van der Waals surface area contributed by atoms with Gasteiger partial charge in [0.05, 0.1) is 6.61 Å². The molecule has 1 aromatic rings. The lowest BCUT2D eigenvalue weighted by Crippen LogP contribution is -1.95. The molecule has 0 amide bonds. The molecule has 0 saturated carbocycles. The fraction of sp³-hybridized carbons (Fsp3) is 0.429. The Balaban J connectivity index is 2.81. The van der Waals surface area contributed by atoms with Gasteiger partial charge >= 0.3 is 0 Å². The number of alkyl halides is 1. The first-order valence-corrected chi connectivity index (χ1v) is 6.20. The van der Waals surface area contributed by atoms with Crippen LogP contribution >= 0.6 is 11.6 Å². The third-order valence-corrected chi connectivity index (χ3v) is 2.75. The Labute approximate surface area is 103 Å². The number of hydrogen-bond acceptors (Lipinski definition) is 1. The van der Waals surface area contributed by atoms with Gasteiger partial charge in [0.25, 0.3) is 0 Å². The predicted octanol–water partition coefficient (Wildman–Crippen LogP) is 4.36. The maximum atomic E-state index is 5.90. The lowest BCUT2D eigenvalue weighted by atomic mass is 10.0. The minimum absolute atomic E-state index is 0.490. The van der Waals surface area contributed by atoms with Crippen molar-refractivity contribution in [3.63, 3.8) is 0 Å². The van der Waals surface area contributed by atoms with Gasteiger partial charge in [0.2, 0.25) is 0 Å². The molecule has 0 radical (unpaired) electrons. The minimum Gasteiger partial charge on any atom is -0.494 e. The van der Waals surface area contributed by atoms with E-state index < -0.39 is 0 Å². The quantitative estimate of drug-likeness (QED) is 0.693. The third-order valence-electron chi connectivity index (χ3n) is 2.44. The molecule has 0 aliphatic rings.